The minimum absolute atomic E-state index is 0.0730. The lowest BCUT2D eigenvalue weighted by atomic mass is 10.1. The Hall–Kier alpha value is -2.53. The SMILES string of the molecule is COc1ccc(CCCCC(=O)Nc2cccc(N3CCOCC3)c2)cc1. The Morgan fingerprint density at radius 2 is 1.89 bits per heavy atom. The van der Waals surface area contributed by atoms with E-state index in [0.717, 1.165) is 62.7 Å². The van der Waals surface area contributed by atoms with Gasteiger partial charge in [-0.2, -0.15) is 0 Å². The van der Waals surface area contributed by atoms with Gasteiger partial charge in [-0.15, -0.1) is 0 Å². The van der Waals surface area contributed by atoms with Crippen LogP contribution in [0.4, 0.5) is 11.4 Å². The fraction of sp³-hybridized carbons (Fsp3) is 0.409. The summed E-state index contributed by atoms with van der Waals surface area (Å²) < 4.78 is 10.6. The fourth-order valence-electron chi connectivity index (χ4n) is 3.23. The summed E-state index contributed by atoms with van der Waals surface area (Å²) >= 11 is 0. The number of amides is 1. The van der Waals surface area contributed by atoms with E-state index in [1.54, 1.807) is 7.11 Å². The van der Waals surface area contributed by atoms with E-state index in [1.165, 1.54) is 5.56 Å². The van der Waals surface area contributed by atoms with Crippen LogP contribution in [0, 0.1) is 0 Å². The van der Waals surface area contributed by atoms with Gasteiger partial charge < -0.3 is 19.7 Å². The number of carbonyl (C=O) groups excluding carboxylic acids is 1. The first kappa shape index (κ1) is 19.2. The van der Waals surface area contributed by atoms with Crippen molar-refractivity contribution in [1.29, 1.82) is 0 Å². The number of unbranched alkanes of at least 4 members (excludes halogenated alkanes) is 1. The smallest absolute Gasteiger partial charge is 0.224 e. The van der Waals surface area contributed by atoms with E-state index >= 15 is 0 Å². The number of nitrogens with one attached hydrogen (secondary N) is 1. The molecule has 0 saturated carbocycles. The minimum Gasteiger partial charge on any atom is -0.497 e. The number of aryl methyl sites for hydroxylation is 1. The molecule has 0 aliphatic carbocycles. The molecule has 2 aromatic carbocycles. The van der Waals surface area contributed by atoms with Crippen molar-refractivity contribution in [2.24, 2.45) is 0 Å². The number of methoxy groups -OCH3 is 1. The van der Waals surface area contributed by atoms with Crippen LogP contribution >= 0.6 is 0 Å². The van der Waals surface area contributed by atoms with Gasteiger partial charge in [0, 0.05) is 30.9 Å². The van der Waals surface area contributed by atoms with E-state index in [9.17, 15) is 4.79 Å². The predicted molar refractivity (Wildman–Crippen MR) is 109 cm³/mol. The third kappa shape index (κ3) is 6.00. The van der Waals surface area contributed by atoms with E-state index in [0.29, 0.717) is 6.42 Å². The Balaban J connectivity index is 1.41. The highest BCUT2D eigenvalue weighted by Gasteiger charge is 2.12. The van der Waals surface area contributed by atoms with Crippen LogP contribution in [0.2, 0.25) is 0 Å². The van der Waals surface area contributed by atoms with Crippen LogP contribution in [0.15, 0.2) is 48.5 Å². The average molecular weight is 368 g/mol. The molecular formula is C22H28N2O3. The molecule has 0 aromatic heterocycles. The van der Waals surface area contributed by atoms with Gasteiger partial charge in [0.1, 0.15) is 5.75 Å². The van der Waals surface area contributed by atoms with Crippen LogP contribution in [0.5, 0.6) is 5.75 Å². The van der Waals surface area contributed by atoms with E-state index in [1.807, 2.05) is 30.3 Å². The standard InChI is InChI=1S/C22H28N2O3/c1-26-21-11-9-18(10-12-21)5-2-3-8-22(25)23-19-6-4-7-20(17-19)24-13-15-27-16-14-24/h4,6-7,9-12,17H,2-3,5,8,13-16H2,1H3,(H,23,25). The normalized spacial score (nSPS) is 14.0. The summed E-state index contributed by atoms with van der Waals surface area (Å²) in [4.78, 5) is 14.5. The summed E-state index contributed by atoms with van der Waals surface area (Å²) in [7, 11) is 1.67. The van der Waals surface area contributed by atoms with Crippen molar-refractivity contribution in [2.75, 3.05) is 43.6 Å². The number of hydrogen-bond donors (Lipinski definition) is 1. The molecule has 0 radical (unpaired) electrons. The van der Waals surface area contributed by atoms with E-state index in [2.05, 4.69) is 28.4 Å². The van der Waals surface area contributed by atoms with Crippen LogP contribution in [0.1, 0.15) is 24.8 Å². The van der Waals surface area contributed by atoms with Crippen LogP contribution < -0.4 is 15.0 Å². The number of nitrogens with zero attached hydrogens (tertiary/aromatic N) is 1. The number of hydrogen-bond acceptors (Lipinski definition) is 4. The molecule has 1 aliphatic heterocycles. The topological polar surface area (TPSA) is 50.8 Å². The molecule has 0 bridgehead atoms. The molecule has 1 heterocycles. The van der Waals surface area contributed by atoms with Crippen LogP contribution in [0.3, 0.4) is 0 Å². The highest BCUT2D eigenvalue weighted by Crippen LogP contribution is 2.21. The van der Waals surface area contributed by atoms with Crippen molar-refractivity contribution in [3.05, 3.63) is 54.1 Å². The molecule has 0 spiro atoms. The lowest BCUT2D eigenvalue weighted by Gasteiger charge is -2.29. The van der Waals surface area contributed by atoms with Gasteiger partial charge in [0.2, 0.25) is 5.91 Å². The molecule has 5 heteroatoms. The van der Waals surface area contributed by atoms with Gasteiger partial charge in [-0.05, 0) is 55.2 Å². The first-order chi connectivity index (χ1) is 13.2. The molecule has 3 rings (SSSR count). The summed E-state index contributed by atoms with van der Waals surface area (Å²) in [5.41, 5.74) is 3.27. The first-order valence-electron chi connectivity index (χ1n) is 9.60. The summed E-state index contributed by atoms with van der Waals surface area (Å²) in [5, 5.41) is 3.02. The van der Waals surface area contributed by atoms with Crippen molar-refractivity contribution in [1.82, 2.24) is 0 Å². The Kier molecular flexibility index (Phi) is 7.11. The lowest BCUT2D eigenvalue weighted by Crippen LogP contribution is -2.36. The molecule has 2 aromatic rings. The molecule has 1 aliphatic rings. The van der Waals surface area contributed by atoms with E-state index in [-0.39, 0.29) is 5.91 Å². The molecule has 1 saturated heterocycles. The molecule has 1 amide bonds. The fourth-order valence-corrected chi connectivity index (χ4v) is 3.23. The van der Waals surface area contributed by atoms with Gasteiger partial charge in [0.25, 0.3) is 0 Å². The quantitative estimate of drug-likeness (QED) is 0.719. The van der Waals surface area contributed by atoms with Gasteiger partial charge in [-0.3, -0.25) is 4.79 Å². The largest absolute Gasteiger partial charge is 0.497 e. The molecule has 0 unspecified atom stereocenters. The number of benzene rings is 2. The predicted octanol–water partition coefficient (Wildman–Crippen LogP) is 3.88. The van der Waals surface area contributed by atoms with Crippen LogP contribution in [0.25, 0.3) is 0 Å². The Labute approximate surface area is 161 Å². The second-order valence-electron chi connectivity index (χ2n) is 6.75. The molecule has 1 fully saturated rings. The molecule has 0 atom stereocenters. The molecule has 27 heavy (non-hydrogen) atoms. The van der Waals surface area contributed by atoms with Gasteiger partial charge in [-0.25, -0.2) is 0 Å². The summed E-state index contributed by atoms with van der Waals surface area (Å²) in [6.45, 7) is 3.29. The van der Waals surface area contributed by atoms with Gasteiger partial charge in [0.05, 0.1) is 20.3 Å². The maximum atomic E-state index is 12.2. The maximum Gasteiger partial charge on any atom is 0.224 e. The Morgan fingerprint density at radius 1 is 1.11 bits per heavy atom. The zero-order chi connectivity index (χ0) is 18.9. The van der Waals surface area contributed by atoms with E-state index < -0.39 is 0 Å². The first-order valence-corrected chi connectivity index (χ1v) is 9.60. The number of carbonyl (C=O) groups is 1. The zero-order valence-electron chi connectivity index (χ0n) is 15.9. The molecule has 5 nitrogen and oxygen atoms in total. The van der Waals surface area contributed by atoms with Crippen molar-refractivity contribution in [3.63, 3.8) is 0 Å². The van der Waals surface area contributed by atoms with Gasteiger partial charge >= 0.3 is 0 Å². The number of ether oxygens (including phenoxy) is 2. The lowest BCUT2D eigenvalue weighted by molar-refractivity contribution is -0.116. The maximum absolute atomic E-state index is 12.2. The number of rotatable bonds is 8. The monoisotopic (exact) mass is 368 g/mol. The summed E-state index contributed by atoms with van der Waals surface area (Å²) in [6.07, 6.45) is 3.39. The number of anilines is 2. The van der Waals surface area contributed by atoms with Crippen LogP contribution in [-0.2, 0) is 16.0 Å². The van der Waals surface area contributed by atoms with Crippen LogP contribution in [-0.4, -0.2) is 39.3 Å². The van der Waals surface area contributed by atoms with Crippen molar-refractivity contribution >= 4 is 17.3 Å². The summed E-state index contributed by atoms with van der Waals surface area (Å²) in [5.74, 6) is 0.946. The van der Waals surface area contributed by atoms with Gasteiger partial charge in [-0.1, -0.05) is 18.2 Å². The number of morpholine rings is 1. The highest BCUT2D eigenvalue weighted by molar-refractivity contribution is 5.91. The third-order valence-electron chi connectivity index (χ3n) is 4.78. The Bertz CT molecular complexity index is 725. The van der Waals surface area contributed by atoms with Crippen molar-refractivity contribution in [2.45, 2.75) is 25.7 Å². The second kappa shape index (κ2) is 9.97. The summed E-state index contributed by atoms with van der Waals surface area (Å²) in [6, 6.07) is 16.2. The second-order valence-corrected chi connectivity index (χ2v) is 6.75. The van der Waals surface area contributed by atoms with E-state index in [4.69, 9.17) is 9.47 Å². The highest BCUT2D eigenvalue weighted by atomic mass is 16.5. The average Bonchev–Trinajstić information content (AvgIpc) is 2.72. The Morgan fingerprint density at radius 3 is 2.63 bits per heavy atom. The minimum atomic E-state index is 0.0730. The van der Waals surface area contributed by atoms with Crippen molar-refractivity contribution < 1.29 is 14.3 Å². The van der Waals surface area contributed by atoms with Crippen molar-refractivity contribution in [3.8, 4) is 5.75 Å². The third-order valence-corrected chi connectivity index (χ3v) is 4.78. The molecule has 144 valence electrons. The van der Waals surface area contributed by atoms with Gasteiger partial charge in [0.15, 0.2) is 0 Å². The zero-order valence-corrected chi connectivity index (χ0v) is 15.9. The molecule has 1 N–H and O–H groups in total. The molecular weight excluding hydrogens is 340 g/mol.